The molecule has 0 unspecified atom stereocenters. The number of hydrogen-bond acceptors (Lipinski definition) is 5. The van der Waals surface area contributed by atoms with Gasteiger partial charge in [-0.3, -0.25) is 14.4 Å². The van der Waals surface area contributed by atoms with E-state index >= 15 is 0 Å². The summed E-state index contributed by atoms with van der Waals surface area (Å²) in [6.07, 6.45) is 5.75. The number of rotatable bonds is 7. The number of morpholine rings is 1. The van der Waals surface area contributed by atoms with Gasteiger partial charge in [0, 0.05) is 36.4 Å². The zero-order chi connectivity index (χ0) is 23.3. The van der Waals surface area contributed by atoms with Crippen molar-refractivity contribution >= 4 is 21.6 Å². The summed E-state index contributed by atoms with van der Waals surface area (Å²) < 4.78 is 33.5. The number of carbonyl (C=O) groups is 1. The van der Waals surface area contributed by atoms with Crippen molar-refractivity contribution in [1.82, 2.24) is 10.2 Å². The number of sulfonamides is 1. The summed E-state index contributed by atoms with van der Waals surface area (Å²) in [6, 6.07) is 13.2. The van der Waals surface area contributed by atoms with Crippen LogP contribution in [0.1, 0.15) is 48.0 Å². The van der Waals surface area contributed by atoms with Crippen LogP contribution in [-0.4, -0.2) is 57.6 Å². The third kappa shape index (κ3) is 5.75. The molecule has 4 rings (SSSR count). The second kappa shape index (κ2) is 10.2. The molecule has 2 aromatic carbocycles. The quantitative estimate of drug-likeness (QED) is 0.645. The van der Waals surface area contributed by atoms with Crippen molar-refractivity contribution in [2.45, 2.75) is 49.5 Å². The largest absolute Gasteiger partial charge is 0.379 e. The van der Waals surface area contributed by atoms with Crippen LogP contribution < -0.4 is 10.0 Å². The average molecular weight is 472 g/mol. The van der Waals surface area contributed by atoms with Crippen molar-refractivity contribution in [3.8, 4) is 0 Å². The lowest BCUT2D eigenvalue weighted by atomic mass is 9.79. The van der Waals surface area contributed by atoms with Crippen LogP contribution in [0.25, 0.3) is 0 Å². The topological polar surface area (TPSA) is 87.7 Å². The van der Waals surface area contributed by atoms with Crippen molar-refractivity contribution in [1.29, 1.82) is 0 Å². The summed E-state index contributed by atoms with van der Waals surface area (Å²) >= 11 is 0. The molecule has 1 saturated carbocycles. The van der Waals surface area contributed by atoms with Crippen LogP contribution in [0.2, 0.25) is 0 Å². The standard InChI is InChI=1S/C25H33N3O4S/c1-20-5-9-22(10-6-20)27-33(30,31)23-11-7-21(8-12-23)24(29)26-19-25(13-3-2-4-14-25)28-15-17-32-18-16-28/h5-12,27H,2-4,13-19H2,1H3,(H,26,29). The molecular weight excluding hydrogens is 438 g/mol. The van der Waals surface area contributed by atoms with Crippen molar-refractivity contribution in [2.75, 3.05) is 37.6 Å². The lowest BCUT2D eigenvalue weighted by molar-refractivity contribution is -0.0361. The van der Waals surface area contributed by atoms with Crippen molar-refractivity contribution in [3.05, 3.63) is 59.7 Å². The second-order valence-electron chi connectivity index (χ2n) is 9.06. The van der Waals surface area contributed by atoms with Gasteiger partial charge < -0.3 is 10.1 Å². The number of ether oxygens (including phenoxy) is 1. The average Bonchev–Trinajstić information content (AvgIpc) is 2.85. The predicted molar refractivity (Wildman–Crippen MR) is 129 cm³/mol. The molecule has 2 aromatic rings. The number of anilines is 1. The lowest BCUT2D eigenvalue weighted by Gasteiger charge is -2.48. The van der Waals surface area contributed by atoms with E-state index in [1.165, 1.54) is 31.4 Å². The fourth-order valence-electron chi connectivity index (χ4n) is 4.82. The lowest BCUT2D eigenvalue weighted by Crippen LogP contribution is -2.59. The molecule has 33 heavy (non-hydrogen) atoms. The van der Waals surface area contributed by atoms with Gasteiger partial charge in [-0.05, 0) is 56.2 Å². The highest BCUT2D eigenvalue weighted by molar-refractivity contribution is 7.92. The maximum absolute atomic E-state index is 12.9. The molecular formula is C25H33N3O4S. The van der Waals surface area contributed by atoms with Crippen molar-refractivity contribution in [3.63, 3.8) is 0 Å². The summed E-state index contributed by atoms with van der Waals surface area (Å²) in [5, 5.41) is 3.12. The third-order valence-electron chi connectivity index (χ3n) is 6.77. The summed E-state index contributed by atoms with van der Waals surface area (Å²) in [4.78, 5) is 15.5. The Morgan fingerprint density at radius 2 is 1.61 bits per heavy atom. The minimum atomic E-state index is -3.72. The fraction of sp³-hybridized carbons (Fsp3) is 0.480. The van der Waals surface area contributed by atoms with Gasteiger partial charge in [-0.2, -0.15) is 0 Å². The van der Waals surface area contributed by atoms with Crippen LogP contribution in [0.5, 0.6) is 0 Å². The van der Waals surface area contributed by atoms with E-state index in [2.05, 4.69) is 14.9 Å². The van der Waals surface area contributed by atoms with Crippen LogP contribution in [0.15, 0.2) is 53.4 Å². The van der Waals surface area contributed by atoms with Gasteiger partial charge in [0.25, 0.3) is 15.9 Å². The molecule has 7 nitrogen and oxygen atoms in total. The van der Waals surface area contributed by atoms with Gasteiger partial charge in [0.05, 0.1) is 18.1 Å². The molecule has 2 fully saturated rings. The van der Waals surface area contributed by atoms with E-state index < -0.39 is 10.0 Å². The van der Waals surface area contributed by atoms with Gasteiger partial charge in [0.2, 0.25) is 0 Å². The molecule has 0 aromatic heterocycles. The highest BCUT2D eigenvalue weighted by atomic mass is 32.2. The number of carbonyl (C=O) groups excluding carboxylic acids is 1. The van der Waals surface area contributed by atoms with E-state index in [4.69, 9.17) is 4.74 Å². The highest BCUT2D eigenvalue weighted by Crippen LogP contribution is 2.34. The van der Waals surface area contributed by atoms with Crippen molar-refractivity contribution in [2.24, 2.45) is 0 Å². The predicted octanol–water partition coefficient (Wildman–Crippen LogP) is 3.56. The minimum Gasteiger partial charge on any atom is -0.379 e. The molecule has 1 amide bonds. The second-order valence-corrected chi connectivity index (χ2v) is 10.7. The molecule has 0 atom stereocenters. The van der Waals surface area contributed by atoms with E-state index in [0.717, 1.165) is 44.7 Å². The summed E-state index contributed by atoms with van der Waals surface area (Å²) in [6.45, 7) is 5.82. The molecule has 1 heterocycles. The molecule has 1 saturated heterocycles. The molecule has 178 valence electrons. The number of hydrogen-bond donors (Lipinski definition) is 2. The monoisotopic (exact) mass is 471 g/mol. The molecule has 1 aliphatic carbocycles. The smallest absolute Gasteiger partial charge is 0.261 e. The number of nitrogens with one attached hydrogen (secondary N) is 2. The van der Waals surface area contributed by atoms with Gasteiger partial charge in [-0.25, -0.2) is 8.42 Å². The van der Waals surface area contributed by atoms with Gasteiger partial charge >= 0.3 is 0 Å². The molecule has 0 bridgehead atoms. The summed E-state index contributed by atoms with van der Waals surface area (Å²) in [5.41, 5.74) is 2.00. The Balaban J connectivity index is 1.40. The van der Waals surface area contributed by atoms with E-state index in [1.54, 1.807) is 24.3 Å². The van der Waals surface area contributed by atoms with Crippen LogP contribution in [0, 0.1) is 6.92 Å². The van der Waals surface area contributed by atoms with Crippen LogP contribution in [-0.2, 0) is 14.8 Å². The maximum atomic E-state index is 12.9. The molecule has 1 aliphatic heterocycles. The van der Waals surface area contributed by atoms with Gasteiger partial charge in [-0.15, -0.1) is 0 Å². The first-order valence-electron chi connectivity index (χ1n) is 11.7. The fourth-order valence-corrected chi connectivity index (χ4v) is 5.88. The Labute approximate surface area is 196 Å². The Morgan fingerprint density at radius 1 is 0.970 bits per heavy atom. The normalized spacial score (nSPS) is 19.1. The molecule has 8 heteroatoms. The maximum Gasteiger partial charge on any atom is 0.261 e. The van der Waals surface area contributed by atoms with E-state index in [1.807, 2.05) is 19.1 Å². The van der Waals surface area contributed by atoms with Crippen LogP contribution in [0.3, 0.4) is 0 Å². The Morgan fingerprint density at radius 3 is 2.24 bits per heavy atom. The zero-order valence-corrected chi connectivity index (χ0v) is 20.0. The SMILES string of the molecule is Cc1ccc(NS(=O)(=O)c2ccc(C(=O)NCC3(N4CCOCC4)CCCCC3)cc2)cc1. The first-order valence-corrected chi connectivity index (χ1v) is 13.2. The van der Waals surface area contributed by atoms with Crippen molar-refractivity contribution < 1.29 is 17.9 Å². The molecule has 0 spiro atoms. The van der Waals surface area contributed by atoms with E-state index in [0.29, 0.717) is 17.8 Å². The first kappa shape index (κ1) is 23.7. The van der Waals surface area contributed by atoms with Gasteiger partial charge in [-0.1, -0.05) is 37.0 Å². The molecule has 2 aliphatic rings. The first-order chi connectivity index (χ1) is 15.9. The zero-order valence-electron chi connectivity index (χ0n) is 19.2. The van der Waals surface area contributed by atoms with Crippen LogP contribution in [0.4, 0.5) is 5.69 Å². The van der Waals surface area contributed by atoms with Gasteiger partial charge in [0.1, 0.15) is 0 Å². The van der Waals surface area contributed by atoms with Crippen LogP contribution >= 0.6 is 0 Å². The Kier molecular flexibility index (Phi) is 7.36. The molecule has 0 radical (unpaired) electrons. The summed E-state index contributed by atoms with van der Waals surface area (Å²) in [5.74, 6) is -0.177. The Bertz CT molecular complexity index is 1040. The Hall–Kier alpha value is -2.42. The third-order valence-corrected chi connectivity index (χ3v) is 8.17. The number of benzene rings is 2. The van der Waals surface area contributed by atoms with E-state index in [9.17, 15) is 13.2 Å². The van der Waals surface area contributed by atoms with E-state index in [-0.39, 0.29) is 16.3 Å². The number of nitrogens with zero attached hydrogens (tertiary/aromatic N) is 1. The summed E-state index contributed by atoms with van der Waals surface area (Å²) in [7, 11) is -3.72. The minimum absolute atomic E-state index is 0.0150. The number of aryl methyl sites for hydroxylation is 1. The highest BCUT2D eigenvalue weighted by Gasteiger charge is 2.38. The molecule has 2 N–H and O–H groups in total. The number of amides is 1. The van der Waals surface area contributed by atoms with Gasteiger partial charge in [0.15, 0.2) is 0 Å².